The summed E-state index contributed by atoms with van der Waals surface area (Å²) in [6.45, 7) is 0. The Morgan fingerprint density at radius 1 is 1.16 bits per heavy atom. The summed E-state index contributed by atoms with van der Waals surface area (Å²) in [4.78, 5) is 4.40. The van der Waals surface area contributed by atoms with Crippen LogP contribution in [0.25, 0.3) is 16.3 Å². The second kappa shape index (κ2) is 7.09. The maximum absolute atomic E-state index is 6.60. The highest BCUT2D eigenvalue weighted by molar-refractivity contribution is 6.37. The molecule has 0 spiro atoms. The minimum atomic E-state index is 0.500. The van der Waals surface area contributed by atoms with Gasteiger partial charge in [0, 0.05) is 28.9 Å². The Morgan fingerprint density at radius 3 is 2.76 bits per heavy atom. The number of nitrogens with zero attached hydrogens (tertiary/aromatic N) is 1. The van der Waals surface area contributed by atoms with Crippen LogP contribution in [0.4, 0.5) is 11.5 Å². The van der Waals surface area contributed by atoms with E-state index in [0.29, 0.717) is 16.9 Å². The summed E-state index contributed by atoms with van der Waals surface area (Å²) in [6.07, 6.45) is 16.9. The van der Waals surface area contributed by atoms with Gasteiger partial charge in [-0.05, 0) is 48.8 Å². The molecule has 4 rings (SSSR count). The van der Waals surface area contributed by atoms with Crippen LogP contribution < -0.4 is 11.1 Å². The summed E-state index contributed by atoms with van der Waals surface area (Å²) < 4.78 is 0. The fourth-order valence-electron chi connectivity index (χ4n) is 4.00. The first kappa shape index (κ1) is 16.5. The Labute approximate surface area is 154 Å². The SMILES string of the molecule is Nc1ncc(C2=CC=CCC2)c2cc(NC3CCCCC3)cc(Cl)c12. The van der Waals surface area contributed by atoms with E-state index in [1.54, 1.807) is 0 Å². The topological polar surface area (TPSA) is 50.9 Å². The number of pyridine rings is 1. The van der Waals surface area contributed by atoms with Crippen molar-refractivity contribution >= 4 is 39.5 Å². The maximum Gasteiger partial charge on any atom is 0.132 e. The molecule has 2 aromatic rings. The number of anilines is 2. The number of nitrogen functional groups attached to an aromatic ring is 1. The highest BCUT2D eigenvalue weighted by Gasteiger charge is 2.17. The lowest BCUT2D eigenvalue weighted by Crippen LogP contribution is -2.22. The third-order valence-electron chi connectivity index (χ3n) is 5.31. The largest absolute Gasteiger partial charge is 0.383 e. The number of allylic oxidation sites excluding steroid dienone is 4. The van der Waals surface area contributed by atoms with E-state index in [9.17, 15) is 0 Å². The monoisotopic (exact) mass is 353 g/mol. The zero-order chi connectivity index (χ0) is 17.2. The number of aromatic nitrogens is 1. The van der Waals surface area contributed by atoms with E-state index < -0.39 is 0 Å². The molecule has 1 heterocycles. The van der Waals surface area contributed by atoms with Crippen LogP contribution >= 0.6 is 11.6 Å². The lowest BCUT2D eigenvalue weighted by Gasteiger charge is -2.24. The van der Waals surface area contributed by atoms with E-state index in [2.05, 4.69) is 34.6 Å². The number of halogens is 1. The minimum absolute atomic E-state index is 0.500. The first-order valence-electron chi connectivity index (χ1n) is 9.23. The molecule has 1 aromatic heterocycles. The van der Waals surface area contributed by atoms with E-state index in [1.807, 2.05) is 12.3 Å². The summed E-state index contributed by atoms with van der Waals surface area (Å²) in [5.74, 6) is 0.500. The normalized spacial score (nSPS) is 18.4. The molecule has 0 amide bonds. The van der Waals surface area contributed by atoms with E-state index in [4.69, 9.17) is 17.3 Å². The van der Waals surface area contributed by atoms with Gasteiger partial charge >= 0.3 is 0 Å². The third kappa shape index (κ3) is 3.38. The number of fused-ring (bicyclic) bond motifs is 1. The molecular formula is C21H24ClN3. The standard InChI is InChI=1S/C21H24ClN3/c22-19-12-16(25-15-9-5-2-6-10-15)11-17-18(13-24-21(23)20(17)19)14-7-3-1-4-8-14/h1,3,7,11-13,15,25H,2,4-6,8-10H2,(H2,23,24). The van der Waals surface area contributed by atoms with Gasteiger partial charge in [-0.3, -0.25) is 0 Å². The van der Waals surface area contributed by atoms with Gasteiger partial charge in [-0.2, -0.15) is 0 Å². The molecule has 1 aromatic carbocycles. The zero-order valence-corrected chi connectivity index (χ0v) is 15.1. The quantitative estimate of drug-likeness (QED) is 0.716. The van der Waals surface area contributed by atoms with Crippen molar-refractivity contribution in [2.75, 3.05) is 11.1 Å². The van der Waals surface area contributed by atoms with Crippen LogP contribution in [0.5, 0.6) is 0 Å². The predicted octanol–water partition coefficient (Wildman–Crippen LogP) is 5.95. The van der Waals surface area contributed by atoms with Crippen molar-refractivity contribution < 1.29 is 0 Å². The van der Waals surface area contributed by atoms with Gasteiger partial charge in [0.15, 0.2) is 0 Å². The summed E-state index contributed by atoms with van der Waals surface area (Å²) in [5.41, 5.74) is 9.67. The summed E-state index contributed by atoms with van der Waals surface area (Å²) in [5, 5.41) is 6.32. The molecular weight excluding hydrogens is 330 g/mol. The van der Waals surface area contributed by atoms with Crippen molar-refractivity contribution in [3.8, 4) is 0 Å². The van der Waals surface area contributed by atoms with E-state index >= 15 is 0 Å². The molecule has 4 heteroatoms. The lowest BCUT2D eigenvalue weighted by atomic mass is 9.93. The average molecular weight is 354 g/mol. The fourth-order valence-corrected chi connectivity index (χ4v) is 4.31. The Balaban J connectivity index is 1.79. The highest BCUT2D eigenvalue weighted by atomic mass is 35.5. The molecule has 0 saturated heterocycles. The average Bonchev–Trinajstić information content (AvgIpc) is 2.63. The number of benzene rings is 1. The van der Waals surface area contributed by atoms with Crippen molar-refractivity contribution in [3.05, 3.63) is 47.1 Å². The Hall–Kier alpha value is -2.00. The molecule has 130 valence electrons. The summed E-state index contributed by atoms with van der Waals surface area (Å²) >= 11 is 6.60. The highest BCUT2D eigenvalue weighted by Crippen LogP contribution is 2.37. The molecule has 0 unspecified atom stereocenters. The van der Waals surface area contributed by atoms with Crippen molar-refractivity contribution in [2.24, 2.45) is 0 Å². The van der Waals surface area contributed by atoms with Crippen LogP contribution in [0, 0.1) is 0 Å². The number of rotatable bonds is 3. The van der Waals surface area contributed by atoms with E-state index in [1.165, 1.54) is 37.7 Å². The Kier molecular flexibility index (Phi) is 4.67. The molecule has 3 N–H and O–H groups in total. The van der Waals surface area contributed by atoms with Crippen LogP contribution in [-0.4, -0.2) is 11.0 Å². The molecule has 0 radical (unpaired) electrons. The molecule has 3 nitrogen and oxygen atoms in total. The first-order chi connectivity index (χ1) is 12.2. The van der Waals surface area contributed by atoms with Crippen LogP contribution in [0.3, 0.4) is 0 Å². The fraction of sp³-hybridized carbons (Fsp3) is 0.381. The second-order valence-electron chi connectivity index (χ2n) is 7.08. The molecule has 0 atom stereocenters. The van der Waals surface area contributed by atoms with Crippen molar-refractivity contribution in [1.82, 2.24) is 4.98 Å². The number of hydrogen-bond donors (Lipinski definition) is 2. The molecule has 1 saturated carbocycles. The number of nitrogens with one attached hydrogen (secondary N) is 1. The molecule has 25 heavy (non-hydrogen) atoms. The van der Waals surface area contributed by atoms with Gasteiger partial charge in [0.25, 0.3) is 0 Å². The second-order valence-corrected chi connectivity index (χ2v) is 7.48. The van der Waals surface area contributed by atoms with Gasteiger partial charge in [-0.15, -0.1) is 0 Å². The van der Waals surface area contributed by atoms with Crippen molar-refractivity contribution in [2.45, 2.75) is 51.0 Å². The van der Waals surface area contributed by atoms with Crippen molar-refractivity contribution in [1.29, 1.82) is 0 Å². The van der Waals surface area contributed by atoms with Gasteiger partial charge in [0.2, 0.25) is 0 Å². The molecule has 0 aliphatic heterocycles. The van der Waals surface area contributed by atoms with Crippen LogP contribution in [-0.2, 0) is 0 Å². The third-order valence-corrected chi connectivity index (χ3v) is 5.60. The summed E-state index contributed by atoms with van der Waals surface area (Å²) in [7, 11) is 0. The minimum Gasteiger partial charge on any atom is -0.383 e. The van der Waals surface area contributed by atoms with Crippen LogP contribution in [0.2, 0.25) is 5.02 Å². The van der Waals surface area contributed by atoms with Gasteiger partial charge in [0.05, 0.1) is 5.02 Å². The molecule has 2 aliphatic rings. The van der Waals surface area contributed by atoms with Gasteiger partial charge in [-0.1, -0.05) is 49.1 Å². The maximum atomic E-state index is 6.60. The van der Waals surface area contributed by atoms with E-state index in [-0.39, 0.29) is 0 Å². The predicted molar refractivity (Wildman–Crippen MR) is 108 cm³/mol. The lowest BCUT2D eigenvalue weighted by molar-refractivity contribution is 0.463. The molecule has 0 bridgehead atoms. The van der Waals surface area contributed by atoms with E-state index in [0.717, 1.165) is 34.9 Å². The Bertz CT molecular complexity index is 848. The number of nitrogens with two attached hydrogens (primary N) is 1. The van der Waals surface area contributed by atoms with Gasteiger partial charge < -0.3 is 11.1 Å². The summed E-state index contributed by atoms with van der Waals surface area (Å²) in [6, 6.07) is 4.74. The van der Waals surface area contributed by atoms with Crippen LogP contribution in [0.1, 0.15) is 50.5 Å². The first-order valence-corrected chi connectivity index (χ1v) is 9.60. The smallest absolute Gasteiger partial charge is 0.132 e. The molecule has 2 aliphatic carbocycles. The number of hydrogen-bond acceptors (Lipinski definition) is 3. The van der Waals surface area contributed by atoms with Crippen molar-refractivity contribution in [3.63, 3.8) is 0 Å². The van der Waals surface area contributed by atoms with Gasteiger partial charge in [-0.25, -0.2) is 4.98 Å². The zero-order valence-electron chi connectivity index (χ0n) is 14.4. The van der Waals surface area contributed by atoms with Crippen LogP contribution in [0.15, 0.2) is 36.6 Å². The Morgan fingerprint density at radius 2 is 2.00 bits per heavy atom. The molecule has 1 fully saturated rings. The van der Waals surface area contributed by atoms with Gasteiger partial charge in [0.1, 0.15) is 5.82 Å².